The van der Waals surface area contributed by atoms with E-state index >= 15 is 0 Å². The van der Waals surface area contributed by atoms with Gasteiger partial charge in [-0.25, -0.2) is 0 Å². The van der Waals surface area contributed by atoms with Crippen molar-refractivity contribution in [2.45, 2.75) is 33.1 Å². The number of aromatic nitrogens is 1. The summed E-state index contributed by atoms with van der Waals surface area (Å²) in [6.45, 7) is 9.77. The highest BCUT2D eigenvalue weighted by atomic mass is 16.2. The maximum atomic E-state index is 12.6. The smallest absolute Gasteiger partial charge is 0.236 e. The van der Waals surface area contributed by atoms with Crippen molar-refractivity contribution in [3.8, 4) is 6.07 Å². The lowest BCUT2D eigenvalue weighted by Gasteiger charge is -2.37. The maximum Gasteiger partial charge on any atom is 0.236 e. The number of piperazine rings is 1. The molecule has 2 aromatic rings. The number of nitriles is 1. The standard InChI is InChI=1S/C23H29N5O/c1-17-12-18(2)22-20(13-17)23(19(14-24)15-25-22)28-10-8-26(9-11-28)16-21(29)27-6-4-3-5-7-27/h12-13,15H,3-11,16H2,1-2H3. The molecule has 6 heteroatoms. The van der Waals surface area contributed by atoms with E-state index in [1.54, 1.807) is 6.20 Å². The van der Waals surface area contributed by atoms with E-state index in [1.165, 1.54) is 12.0 Å². The topological polar surface area (TPSA) is 63.5 Å². The molecule has 0 aliphatic carbocycles. The molecule has 2 aliphatic heterocycles. The second kappa shape index (κ2) is 8.38. The normalized spacial score (nSPS) is 18.1. The number of amides is 1. The lowest BCUT2D eigenvalue weighted by Crippen LogP contribution is -2.51. The molecule has 2 saturated heterocycles. The van der Waals surface area contributed by atoms with Crippen molar-refractivity contribution < 1.29 is 4.79 Å². The molecular formula is C23H29N5O. The lowest BCUT2D eigenvalue weighted by atomic mass is 10.0. The van der Waals surface area contributed by atoms with Crippen LogP contribution in [0.1, 0.15) is 36.0 Å². The van der Waals surface area contributed by atoms with Gasteiger partial charge in [0, 0.05) is 50.9 Å². The summed E-state index contributed by atoms with van der Waals surface area (Å²) in [6.07, 6.45) is 5.20. The first kappa shape index (κ1) is 19.7. The zero-order chi connectivity index (χ0) is 20.4. The SMILES string of the molecule is Cc1cc(C)c2ncc(C#N)c(N3CCN(CC(=O)N4CCCCC4)CC3)c2c1. The summed E-state index contributed by atoms with van der Waals surface area (Å²) in [6, 6.07) is 6.60. The Kier molecular flexibility index (Phi) is 5.68. The van der Waals surface area contributed by atoms with Crippen LogP contribution < -0.4 is 4.90 Å². The highest BCUT2D eigenvalue weighted by molar-refractivity contribution is 5.96. The van der Waals surface area contributed by atoms with Gasteiger partial charge in [0.1, 0.15) is 6.07 Å². The number of piperidine rings is 1. The Labute approximate surface area is 172 Å². The molecule has 0 spiro atoms. The average Bonchev–Trinajstić information content (AvgIpc) is 2.74. The molecule has 3 heterocycles. The number of pyridine rings is 1. The van der Waals surface area contributed by atoms with Crippen LogP contribution >= 0.6 is 0 Å². The Morgan fingerprint density at radius 2 is 1.79 bits per heavy atom. The van der Waals surface area contributed by atoms with Crippen molar-refractivity contribution in [3.63, 3.8) is 0 Å². The van der Waals surface area contributed by atoms with Crippen molar-refractivity contribution in [3.05, 3.63) is 35.0 Å². The first-order valence-electron chi connectivity index (χ1n) is 10.6. The highest BCUT2D eigenvalue weighted by Crippen LogP contribution is 2.32. The molecule has 1 aromatic heterocycles. The second-order valence-electron chi connectivity index (χ2n) is 8.31. The summed E-state index contributed by atoms with van der Waals surface area (Å²) in [5.41, 5.74) is 4.90. The molecular weight excluding hydrogens is 362 g/mol. The van der Waals surface area contributed by atoms with E-state index in [-0.39, 0.29) is 5.91 Å². The van der Waals surface area contributed by atoms with Gasteiger partial charge in [-0.2, -0.15) is 5.26 Å². The number of carbonyl (C=O) groups is 1. The monoisotopic (exact) mass is 391 g/mol. The maximum absolute atomic E-state index is 12.6. The van der Waals surface area contributed by atoms with E-state index in [0.29, 0.717) is 12.1 Å². The zero-order valence-electron chi connectivity index (χ0n) is 17.4. The molecule has 0 bridgehead atoms. The van der Waals surface area contributed by atoms with E-state index in [2.05, 4.69) is 46.8 Å². The van der Waals surface area contributed by atoms with Gasteiger partial charge in [-0.05, 0) is 44.7 Å². The van der Waals surface area contributed by atoms with Gasteiger partial charge in [-0.15, -0.1) is 0 Å². The molecule has 0 radical (unpaired) electrons. The van der Waals surface area contributed by atoms with E-state index in [0.717, 1.165) is 74.3 Å². The minimum absolute atomic E-state index is 0.261. The van der Waals surface area contributed by atoms with Crippen LogP contribution in [0.4, 0.5) is 5.69 Å². The largest absolute Gasteiger partial charge is 0.367 e. The molecule has 0 saturated carbocycles. The summed E-state index contributed by atoms with van der Waals surface area (Å²) in [5, 5.41) is 10.7. The lowest BCUT2D eigenvalue weighted by molar-refractivity contribution is -0.133. The number of hydrogen-bond acceptors (Lipinski definition) is 5. The molecule has 1 aromatic carbocycles. The number of anilines is 1. The Balaban J connectivity index is 1.50. The van der Waals surface area contributed by atoms with Crippen LogP contribution in [0, 0.1) is 25.2 Å². The quantitative estimate of drug-likeness (QED) is 0.805. The van der Waals surface area contributed by atoms with Crippen molar-refractivity contribution in [1.29, 1.82) is 5.26 Å². The first-order chi connectivity index (χ1) is 14.1. The van der Waals surface area contributed by atoms with Crippen LogP contribution in [0.2, 0.25) is 0 Å². The Hall–Kier alpha value is -2.65. The summed E-state index contributed by atoms with van der Waals surface area (Å²) in [4.78, 5) is 23.7. The predicted octanol–water partition coefficient (Wildman–Crippen LogP) is 2.86. The minimum Gasteiger partial charge on any atom is -0.367 e. The number of carbonyl (C=O) groups excluding carboxylic acids is 1. The number of hydrogen-bond donors (Lipinski definition) is 0. The van der Waals surface area contributed by atoms with Gasteiger partial charge < -0.3 is 9.80 Å². The van der Waals surface area contributed by atoms with Crippen LogP contribution in [-0.2, 0) is 4.79 Å². The van der Waals surface area contributed by atoms with Crippen LogP contribution in [0.25, 0.3) is 10.9 Å². The third kappa shape index (κ3) is 4.06. The minimum atomic E-state index is 0.261. The zero-order valence-corrected chi connectivity index (χ0v) is 17.4. The van der Waals surface area contributed by atoms with Crippen molar-refractivity contribution >= 4 is 22.5 Å². The highest BCUT2D eigenvalue weighted by Gasteiger charge is 2.25. The number of rotatable bonds is 3. The van der Waals surface area contributed by atoms with Crippen molar-refractivity contribution in [2.75, 3.05) is 50.7 Å². The predicted molar refractivity (Wildman–Crippen MR) is 115 cm³/mol. The van der Waals surface area contributed by atoms with Gasteiger partial charge in [0.25, 0.3) is 0 Å². The van der Waals surface area contributed by atoms with Crippen LogP contribution in [0.15, 0.2) is 18.3 Å². The van der Waals surface area contributed by atoms with Gasteiger partial charge in [0.05, 0.1) is 23.3 Å². The van der Waals surface area contributed by atoms with Crippen molar-refractivity contribution in [2.24, 2.45) is 0 Å². The number of benzene rings is 1. The average molecular weight is 392 g/mol. The number of nitrogens with zero attached hydrogens (tertiary/aromatic N) is 5. The van der Waals surface area contributed by atoms with E-state index in [4.69, 9.17) is 0 Å². The van der Waals surface area contributed by atoms with Gasteiger partial charge in [-0.3, -0.25) is 14.7 Å². The molecule has 152 valence electrons. The van der Waals surface area contributed by atoms with Crippen LogP contribution in [-0.4, -0.2) is 66.5 Å². The molecule has 1 amide bonds. The molecule has 29 heavy (non-hydrogen) atoms. The third-order valence-electron chi connectivity index (χ3n) is 6.15. The van der Waals surface area contributed by atoms with Crippen LogP contribution in [0.3, 0.4) is 0 Å². The molecule has 0 atom stereocenters. The van der Waals surface area contributed by atoms with E-state index < -0.39 is 0 Å². The van der Waals surface area contributed by atoms with Crippen LogP contribution in [0.5, 0.6) is 0 Å². The van der Waals surface area contributed by atoms with Gasteiger partial charge in [0.2, 0.25) is 5.91 Å². The van der Waals surface area contributed by atoms with Gasteiger partial charge in [-0.1, -0.05) is 11.6 Å². The molecule has 0 unspecified atom stereocenters. The van der Waals surface area contributed by atoms with E-state index in [1.807, 2.05) is 4.90 Å². The second-order valence-corrected chi connectivity index (χ2v) is 8.31. The summed E-state index contributed by atoms with van der Waals surface area (Å²) in [7, 11) is 0. The van der Waals surface area contributed by atoms with Gasteiger partial charge >= 0.3 is 0 Å². The Bertz CT molecular complexity index is 950. The summed E-state index contributed by atoms with van der Waals surface area (Å²) in [5.74, 6) is 0.261. The fourth-order valence-corrected chi connectivity index (χ4v) is 4.63. The number of likely N-dealkylation sites (tertiary alicyclic amines) is 1. The Morgan fingerprint density at radius 3 is 2.48 bits per heavy atom. The third-order valence-corrected chi connectivity index (χ3v) is 6.15. The van der Waals surface area contributed by atoms with Crippen molar-refractivity contribution in [1.82, 2.24) is 14.8 Å². The number of fused-ring (bicyclic) bond motifs is 1. The molecule has 4 rings (SSSR count). The number of aryl methyl sites for hydroxylation is 2. The van der Waals surface area contributed by atoms with Gasteiger partial charge in [0.15, 0.2) is 0 Å². The molecule has 0 N–H and O–H groups in total. The fourth-order valence-electron chi connectivity index (χ4n) is 4.63. The van der Waals surface area contributed by atoms with E-state index in [9.17, 15) is 10.1 Å². The molecule has 2 fully saturated rings. The molecule has 2 aliphatic rings. The fraction of sp³-hybridized carbons (Fsp3) is 0.522. The summed E-state index contributed by atoms with van der Waals surface area (Å²) >= 11 is 0. The molecule has 6 nitrogen and oxygen atoms in total. The summed E-state index contributed by atoms with van der Waals surface area (Å²) < 4.78 is 0. The Morgan fingerprint density at radius 1 is 1.07 bits per heavy atom. The first-order valence-corrected chi connectivity index (χ1v) is 10.6.